The summed E-state index contributed by atoms with van der Waals surface area (Å²) in [4.78, 5) is 11.8. The van der Waals surface area contributed by atoms with Gasteiger partial charge in [0.15, 0.2) is 0 Å². The van der Waals surface area contributed by atoms with Crippen LogP contribution in [0.5, 0.6) is 0 Å². The minimum Gasteiger partial charge on any atom is -0.345 e. The first kappa shape index (κ1) is 10.2. The molecule has 15 heavy (non-hydrogen) atoms. The molecule has 0 atom stereocenters. The van der Waals surface area contributed by atoms with E-state index in [4.69, 9.17) is 5.73 Å². The molecule has 0 radical (unpaired) electrons. The number of hydrogen-bond donors (Lipinski definition) is 2. The molecule has 1 amide bonds. The number of carbonyl (C=O) groups is 1. The Bertz CT molecular complexity index is 338. The van der Waals surface area contributed by atoms with Crippen LogP contribution in [0.2, 0.25) is 0 Å². The third kappa shape index (κ3) is 2.02. The summed E-state index contributed by atoms with van der Waals surface area (Å²) in [7, 11) is 0. The van der Waals surface area contributed by atoms with Gasteiger partial charge in [-0.15, -0.1) is 0 Å². The van der Waals surface area contributed by atoms with Crippen LogP contribution >= 0.6 is 0 Å². The number of benzene rings is 1. The Morgan fingerprint density at radius 2 is 2.00 bits per heavy atom. The van der Waals surface area contributed by atoms with Crippen molar-refractivity contribution in [2.75, 3.05) is 6.54 Å². The van der Waals surface area contributed by atoms with E-state index < -0.39 is 0 Å². The molecule has 80 valence electrons. The van der Waals surface area contributed by atoms with E-state index in [-0.39, 0.29) is 11.4 Å². The summed E-state index contributed by atoms with van der Waals surface area (Å²) in [5.41, 5.74) is 6.25. The van der Waals surface area contributed by atoms with Crippen molar-refractivity contribution in [1.82, 2.24) is 5.32 Å². The molecule has 2 rings (SSSR count). The number of nitrogens with two attached hydrogens (primary N) is 1. The lowest BCUT2D eigenvalue weighted by Gasteiger charge is -2.41. The Kier molecular flexibility index (Phi) is 2.73. The van der Waals surface area contributed by atoms with Crippen molar-refractivity contribution >= 4 is 5.91 Å². The Hall–Kier alpha value is -1.35. The molecule has 0 aromatic heterocycles. The van der Waals surface area contributed by atoms with Gasteiger partial charge in [-0.2, -0.15) is 0 Å². The number of nitrogens with one attached hydrogen (secondary N) is 1. The van der Waals surface area contributed by atoms with Crippen LogP contribution < -0.4 is 11.1 Å². The van der Waals surface area contributed by atoms with Gasteiger partial charge < -0.3 is 11.1 Å². The predicted molar refractivity (Wildman–Crippen MR) is 59.5 cm³/mol. The molecule has 0 aliphatic heterocycles. The zero-order chi connectivity index (χ0) is 10.7. The molecule has 3 nitrogen and oxygen atoms in total. The van der Waals surface area contributed by atoms with Crippen LogP contribution in [0.4, 0.5) is 0 Å². The normalized spacial score (nSPS) is 17.9. The van der Waals surface area contributed by atoms with Crippen LogP contribution in [-0.2, 0) is 0 Å². The predicted octanol–water partition coefficient (Wildman–Crippen LogP) is 1.30. The summed E-state index contributed by atoms with van der Waals surface area (Å²) in [5, 5.41) is 3.03. The summed E-state index contributed by atoms with van der Waals surface area (Å²) >= 11 is 0. The van der Waals surface area contributed by atoms with Gasteiger partial charge in [-0.1, -0.05) is 18.2 Å². The molecular formula is C12H16N2O. The van der Waals surface area contributed by atoms with E-state index in [2.05, 4.69) is 5.32 Å². The van der Waals surface area contributed by atoms with E-state index in [1.807, 2.05) is 30.3 Å². The molecule has 1 aromatic rings. The highest BCUT2D eigenvalue weighted by molar-refractivity contribution is 5.94. The molecule has 3 heteroatoms. The molecule has 0 heterocycles. The van der Waals surface area contributed by atoms with Gasteiger partial charge in [0.1, 0.15) is 0 Å². The van der Waals surface area contributed by atoms with Gasteiger partial charge >= 0.3 is 0 Å². The fourth-order valence-electron chi connectivity index (χ4n) is 1.89. The molecule has 3 N–H and O–H groups in total. The van der Waals surface area contributed by atoms with Gasteiger partial charge in [-0.3, -0.25) is 4.79 Å². The fraction of sp³-hybridized carbons (Fsp3) is 0.417. The summed E-state index contributed by atoms with van der Waals surface area (Å²) < 4.78 is 0. The number of amides is 1. The van der Waals surface area contributed by atoms with E-state index in [1.165, 1.54) is 0 Å². The monoisotopic (exact) mass is 204 g/mol. The maximum Gasteiger partial charge on any atom is 0.251 e. The average molecular weight is 204 g/mol. The first-order chi connectivity index (χ1) is 7.26. The quantitative estimate of drug-likeness (QED) is 0.779. The maximum absolute atomic E-state index is 11.8. The average Bonchev–Trinajstić information content (AvgIpc) is 2.24. The molecule has 1 aliphatic rings. The van der Waals surface area contributed by atoms with Crippen LogP contribution in [0.1, 0.15) is 29.6 Å². The molecule has 0 spiro atoms. The maximum atomic E-state index is 11.8. The van der Waals surface area contributed by atoms with Crippen molar-refractivity contribution in [3.8, 4) is 0 Å². The summed E-state index contributed by atoms with van der Waals surface area (Å²) in [6.07, 6.45) is 3.16. The third-order valence-corrected chi connectivity index (χ3v) is 3.12. The van der Waals surface area contributed by atoms with Gasteiger partial charge in [0.25, 0.3) is 5.91 Å². The highest BCUT2D eigenvalue weighted by Gasteiger charge is 2.36. The van der Waals surface area contributed by atoms with E-state index in [0.29, 0.717) is 12.1 Å². The Balaban J connectivity index is 2.04. The van der Waals surface area contributed by atoms with Crippen molar-refractivity contribution in [1.29, 1.82) is 0 Å². The van der Waals surface area contributed by atoms with Gasteiger partial charge in [-0.05, 0) is 31.4 Å². The SMILES string of the molecule is NCC1(NC(=O)c2ccccc2)CCC1. The van der Waals surface area contributed by atoms with Crippen molar-refractivity contribution in [2.45, 2.75) is 24.8 Å². The summed E-state index contributed by atoms with van der Waals surface area (Å²) in [5.74, 6) is -0.0132. The van der Waals surface area contributed by atoms with Crippen LogP contribution in [0.15, 0.2) is 30.3 Å². The molecular weight excluding hydrogens is 188 g/mol. The van der Waals surface area contributed by atoms with Crippen LogP contribution in [0.25, 0.3) is 0 Å². The lowest BCUT2D eigenvalue weighted by Crippen LogP contribution is -2.58. The van der Waals surface area contributed by atoms with Crippen molar-refractivity contribution in [3.63, 3.8) is 0 Å². The first-order valence-electron chi connectivity index (χ1n) is 5.33. The third-order valence-electron chi connectivity index (χ3n) is 3.12. The molecule has 0 saturated heterocycles. The van der Waals surface area contributed by atoms with Crippen LogP contribution in [0.3, 0.4) is 0 Å². The lowest BCUT2D eigenvalue weighted by atomic mass is 9.76. The largest absolute Gasteiger partial charge is 0.345 e. The first-order valence-corrected chi connectivity index (χ1v) is 5.33. The van der Waals surface area contributed by atoms with Gasteiger partial charge in [0.2, 0.25) is 0 Å². The zero-order valence-electron chi connectivity index (χ0n) is 8.70. The van der Waals surface area contributed by atoms with E-state index in [9.17, 15) is 4.79 Å². The van der Waals surface area contributed by atoms with E-state index >= 15 is 0 Å². The van der Waals surface area contributed by atoms with E-state index in [0.717, 1.165) is 19.3 Å². The fourth-order valence-corrected chi connectivity index (χ4v) is 1.89. The lowest BCUT2D eigenvalue weighted by molar-refractivity contribution is 0.0837. The molecule has 1 aliphatic carbocycles. The van der Waals surface area contributed by atoms with Gasteiger partial charge in [0, 0.05) is 12.1 Å². The van der Waals surface area contributed by atoms with Crippen LogP contribution in [0, 0.1) is 0 Å². The number of carbonyl (C=O) groups excluding carboxylic acids is 1. The highest BCUT2D eigenvalue weighted by atomic mass is 16.1. The minimum atomic E-state index is -0.132. The zero-order valence-corrected chi connectivity index (χ0v) is 8.70. The Morgan fingerprint density at radius 1 is 1.33 bits per heavy atom. The van der Waals surface area contributed by atoms with Crippen molar-refractivity contribution < 1.29 is 4.79 Å². The second-order valence-corrected chi connectivity index (χ2v) is 4.16. The molecule has 0 unspecified atom stereocenters. The smallest absolute Gasteiger partial charge is 0.251 e. The molecule has 1 aromatic carbocycles. The van der Waals surface area contributed by atoms with Crippen molar-refractivity contribution in [3.05, 3.63) is 35.9 Å². The minimum absolute atomic E-state index is 0.0132. The molecule has 1 fully saturated rings. The summed E-state index contributed by atoms with van der Waals surface area (Å²) in [6, 6.07) is 9.27. The Morgan fingerprint density at radius 3 is 2.47 bits per heavy atom. The second kappa shape index (κ2) is 4.03. The van der Waals surface area contributed by atoms with Crippen LogP contribution in [-0.4, -0.2) is 18.0 Å². The van der Waals surface area contributed by atoms with Gasteiger partial charge in [0.05, 0.1) is 5.54 Å². The topological polar surface area (TPSA) is 55.1 Å². The molecule has 1 saturated carbocycles. The van der Waals surface area contributed by atoms with E-state index in [1.54, 1.807) is 0 Å². The summed E-state index contributed by atoms with van der Waals surface area (Å²) in [6.45, 7) is 0.533. The van der Waals surface area contributed by atoms with Crippen molar-refractivity contribution in [2.24, 2.45) is 5.73 Å². The Labute approximate surface area is 89.7 Å². The highest BCUT2D eigenvalue weighted by Crippen LogP contribution is 2.30. The molecule has 0 bridgehead atoms. The second-order valence-electron chi connectivity index (χ2n) is 4.16. The number of rotatable bonds is 3. The van der Waals surface area contributed by atoms with Gasteiger partial charge in [-0.25, -0.2) is 0 Å². The number of hydrogen-bond acceptors (Lipinski definition) is 2. The standard InChI is InChI=1S/C12H16N2O/c13-9-12(7-4-8-12)14-11(15)10-5-2-1-3-6-10/h1-3,5-6H,4,7-9,13H2,(H,14,15).